The van der Waals surface area contributed by atoms with Crippen LogP contribution in [0.4, 0.5) is 11.9 Å². The Labute approximate surface area is 220 Å². The van der Waals surface area contributed by atoms with Crippen molar-refractivity contribution in [1.29, 1.82) is 0 Å². The number of aromatic amines is 1. The van der Waals surface area contributed by atoms with Gasteiger partial charge in [0.05, 0.1) is 33.5 Å². The fourth-order valence-corrected chi connectivity index (χ4v) is 4.69. The van der Waals surface area contributed by atoms with E-state index in [1.165, 1.54) is 5.56 Å². The van der Waals surface area contributed by atoms with Gasteiger partial charge in [0.25, 0.3) is 0 Å². The number of benzene rings is 2. The maximum atomic E-state index is 5.32. The first-order valence-electron chi connectivity index (χ1n) is 12.2. The maximum Gasteiger partial charge on any atom is 0.208 e. The van der Waals surface area contributed by atoms with Crippen LogP contribution in [0.3, 0.4) is 0 Å². The van der Waals surface area contributed by atoms with Gasteiger partial charge in [-0.25, -0.2) is 9.97 Å². The molecule has 0 fully saturated rings. The molecule has 3 heterocycles. The Morgan fingerprint density at radius 2 is 1.70 bits per heavy atom. The number of para-hydroxylation sites is 2. The summed E-state index contributed by atoms with van der Waals surface area (Å²) in [6, 6.07) is 16.3. The molecule has 37 heavy (non-hydrogen) atoms. The van der Waals surface area contributed by atoms with Gasteiger partial charge >= 0.3 is 0 Å². The third-order valence-corrected chi connectivity index (χ3v) is 6.43. The van der Waals surface area contributed by atoms with Crippen LogP contribution in [-0.4, -0.2) is 28.9 Å². The minimum absolute atomic E-state index is 0.638. The van der Waals surface area contributed by atoms with Crippen molar-refractivity contribution in [2.24, 2.45) is 0 Å². The number of hydrogen-bond acceptors (Lipinski definition) is 5. The van der Waals surface area contributed by atoms with E-state index in [2.05, 4.69) is 88.3 Å². The topological polar surface area (TPSA) is 80.4 Å². The van der Waals surface area contributed by atoms with Crippen molar-refractivity contribution in [2.75, 3.05) is 10.6 Å². The van der Waals surface area contributed by atoms with E-state index in [0.717, 1.165) is 51.9 Å². The second-order valence-electron chi connectivity index (χ2n) is 8.75. The second-order valence-corrected chi connectivity index (χ2v) is 9.19. The molecular formula is C28H30N8S. The summed E-state index contributed by atoms with van der Waals surface area (Å²) in [7, 11) is 0. The predicted molar refractivity (Wildman–Crippen MR) is 155 cm³/mol. The number of anilines is 2. The molecule has 0 amide bonds. The number of rotatable bonds is 10. The van der Waals surface area contributed by atoms with Crippen LogP contribution in [0.2, 0.25) is 0 Å². The molecule has 0 atom stereocenters. The Morgan fingerprint density at radius 3 is 2.46 bits per heavy atom. The van der Waals surface area contributed by atoms with E-state index in [0.29, 0.717) is 17.7 Å². The molecule has 0 aliphatic heterocycles. The average molecular weight is 511 g/mol. The van der Waals surface area contributed by atoms with Crippen molar-refractivity contribution >= 4 is 51.9 Å². The fraction of sp³-hybridized carbons (Fsp3) is 0.179. The second kappa shape index (κ2) is 10.3. The van der Waals surface area contributed by atoms with Crippen LogP contribution < -0.4 is 10.6 Å². The third kappa shape index (κ3) is 4.85. The summed E-state index contributed by atoms with van der Waals surface area (Å²) in [4.78, 5) is 9.56. The van der Waals surface area contributed by atoms with Crippen LogP contribution in [0, 0.1) is 11.6 Å². The van der Waals surface area contributed by atoms with Crippen molar-refractivity contribution in [3.05, 3.63) is 95.9 Å². The number of fused-ring (bicyclic) bond motifs is 2. The standard InChI is InChI=1S/C28H30N8S/c1-5-29-27-32-22-17-19(3)13-14-24(22)34(27)15-9-10-16-35-23-12-8-7-11-21(23)31-28(35)30-20(4)25-18-26(37)33-36(25)6-2/h5,7-14,17-18H,1,4,6,15-16H2,2-3H3,(H,29,32)(H,30,31)(H,33,37)/b10-9+. The van der Waals surface area contributed by atoms with E-state index >= 15 is 0 Å². The Balaban J connectivity index is 1.41. The molecule has 0 saturated heterocycles. The van der Waals surface area contributed by atoms with E-state index in [9.17, 15) is 0 Å². The number of nitrogens with zero attached hydrogens (tertiary/aromatic N) is 5. The molecule has 0 radical (unpaired) electrons. The molecule has 2 aromatic carbocycles. The average Bonchev–Trinajstić information content (AvgIpc) is 3.54. The van der Waals surface area contributed by atoms with Gasteiger partial charge in [0.15, 0.2) is 0 Å². The summed E-state index contributed by atoms with van der Waals surface area (Å²) in [6.07, 6.45) is 5.94. The zero-order chi connectivity index (χ0) is 25.9. The molecule has 9 heteroatoms. The Bertz CT molecular complexity index is 1690. The maximum absolute atomic E-state index is 5.32. The van der Waals surface area contributed by atoms with E-state index in [1.54, 1.807) is 6.20 Å². The molecule has 3 N–H and O–H groups in total. The number of nitrogens with one attached hydrogen (secondary N) is 3. The van der Waals surface area contributed by atoms with Gasteiger partial charge in [0.1, 0.15) is 4.64 Å². The van der Waals surface area contributed by atoms with Gasteiger partial charge < -0.3 is 19.8 Å². The third-order valence-electron chi connectivity index (χ3n) is 6.22. The summed E-state index contributed by atoms with van der Waals surface area (Å²) in [6.45, 7) is 14.2. The molecule has 0 unspecified atom stereocenters. The van der Waals surface area contributed by atoms with E-state index < -0.39 is 0 Å². The SMILES string of the molecule is C=CNc1nc2cc(C)ccc2n1C/C=C/Cn1c(NC(=C)c2cc(=S)[nH]n2CC)nc2ccccc21. The zero-order valence-corrected chi connectivity index (χ0v) is 21.8. The lowest BCUT2D eigenvalue weighted by atomic mass is 10.2. The summed E-state index contributed by atoms with van der Waals surface area (Å²) in [5, 5.41) is 9.73. The number of aromatic nitrogens is 6. The number of H-pyrrole nitrogens is 1. The van der Waals surface area contributed by atoms with Gasteiger partial charge in [-0.3, -0.25) is 9.78 Å². The summed E-state index contributed by atoms with van der Waals surface area (Å²) < 4.78 is 6.93. The van der Waals surface area contributed by atoms with Crippen LogP contribution in [-0.2, 0) is 19.6 Å². The van der Waals surface area contributed by atoms with Gasteiger partial charge in [-0.2, -0.15) is 0 Å². The molecular weight excluding hydrogens is 480 g/mol. The van der Waals surface area contributed by atoms with Gasteiger partial charge in [-0.1, -0.05) is 55.7 Å². The van der Waals surface area contributed by atoms with Gasteiger partial charge in [0, 0.05) is 25.7 Å². The van der Waals surface area contributed by atoms with Crippen LogP contribution in [0.5, 0.6) is 0 Å². The van der Waals surface area contributed by atoms with Crippen molar-refractivity contribution < 1.29 is 0 Å². The molecule has 188 valence electrons. The molecule has 0 saturated carbocycles. The van der Waals surface area contributed by atoms with Crippen LogP contribution >= 0.6 is 12.2 Å². The van der Waals surface area contributed by atoms with Gasteiger partial charge in [-0.05, 0) is 49.9 Å². The molecule has 5 rings (SSSR count). The lowest BCUT2D eigenvalue weighted by molar-refractivity contribution is 0.649. The zero-order valence-electron chi connectivity index (χ0n) is 21.0. The predicted octanol–water partition coefficient (Wildman–Crippen LogP) is 6.47. The van der Waals surface area contributed by atoms with Crippen LogP contribution in [0.25, 0.3) is 27.8 Å². The van der Waals surface area contributed by atoms with E-state index in [1.807, 2.05) is 28.9 Å². The Hall–Kier alpha value is -4.37. The first kappa shape index (κ1) is 24.3. The largest absolute Gasteiger partial charge is 0.333 e. The first-order chi connectivity index (χ1) is 18.0. The number of hydrogen-bond donors (Lipinski definition) is 3. The van der Waals surface area contributed by atoms with E-state index in [4.69, 9.17) is 22.2 Å². The molecule has 3 aromatic heterocycles. The summed E-state index contributed by atoms with van der Waals surface area (Å²) in [5.74, 6) is 1.49. The molecule has 0 aliphatic carbocycles. The number of imidazole rings is 2. The highest BCUT2D eigenvalue weighted by molar-refractivity contribution is 7.71. The molecule has 0 aliphatic rings. The highest BCUT2D eigenvalue weighted by Crippen LogP contribution is 2.24. The molecule has 0 bridgehead atoms. The highest BCUT2D eigenvalue weighted by atomic mass is 32.1. The van der Waals surface area contributed by atoms with Crippen molar-refractivity contribution in [2.45, 2.75) is 33.5 Å². The monoisotopic (exact) mass is 510 g/mol. The Kier molecular flexibility index (Phi) is 6.78. The normalized spacial score (nSPS) is 11.5. The highest BCUT2D eigenvalue weighted by Gasteiger charge is 2.13. The molecule has 5 aromatic rings. The van der Waals surface area contributed by atoms with E-state index in [-0.39, 0.29) is 0 Å². The minimum Gasteiger partial charge on any atom is -0.333 e. The fourth-order valence-electron chi connectivity index (χ4n) is 4.47. The minimum atomic E-state index is 0.638. The van der Waals surface area contributed by atoms with Gasteiger partial charge in [0.2, 0.25) is 11.9 Å². The summed E-state index contributed by atoms with van der Waals surface area (Å²) >= 11 is 5.32. The lowest BCUT2D eigenvalue weighted by Gasteiger charge is -2.13. The summed E-state index contributed by atoms with van der Waals surface area (Å²) in [5.41, 5.74) is 6.81. The van der Waals surface area contributed by atoms with Crippen molar-refractivity contribution in [1.82, 2.24) is 28.9 Å². The van der Waals surface area contributed by atoms with Crippen molar-refractivity contribution in [3.63, 3.8) is 0 Å². The Morgan fingerprint density at radius 1 is 1.00 bits per heavy atom. The van der Waals surface area contributed by atoms with Gasteiger partial charge in [-0.15, -0.1) is 0 Å². The lowest BCUT2D eigenvalue weighted by Crippen LogP contribution is -2.10. The van der Waals surface area contributed by atoms with Crippen molar-refractivity contribution in [3.8, 4) is 0 Å². The van der Waals surface area contributed by atoms with Crippen LogP contribution in [0.15, 0.2) is 80.0 Å². The quantitative estimate of drug-likeness (QED) is 0.148. The molecule has 0 spiro atoms. The smallest absolute Gasteiger partial charge is 0.208 e. The van der Waals surface area contributed by atoms with Crippen LogP contribution in [0.1, 0.15) is 18.2 Å². The number of aryl methyl sites for hydroxylation is 2. The molecule has 8 nitrogen and oxygen atoms in total. The number of allylic oxidation sites excluding steroid dienone is 2. The first-order valence-corrected chi connectivity index (χ1v) is 12.6.